The molecule has 2 heterocycles. The lowest BCUT2D eigenvalue weighted by Gasteiger charge is -2.17. The molecular formula is C22H23FN6O4. The first kappa shape index (κ1) is 22.2. The second kappa shape index (κ2) is 9.65. The summed E-state index contributed by atoms with van der Waals surface area (Å²) in [4.78, 5) is 24.4. The highest BCUT2D eigenvalue weighted by Crippen LogP contribution is 2.38. The van der Waals surface area contributed by atoms with Gasteiger partial charge in [0, 0.05) is 25.6 Å². The highest BCUT2D eigenvalue weighted by atomic mass is 19.1. The fourth-order valence-electron chi connectivity index (χ4n) is 3.52. The highest BCUT2D eigenvalue weighted by Gasteiger charge is 2.34. The average Bonchev–Trinajstić information content (AvgIpc) is 3.44. The lowest BCUT2D eigenvalue weighted by Crippen LogP contribution is -2.33. The van der Waals surface area contributed by atoms with E-state index in [1.807, 2.05) is 12.1 Å². The molecule has 2 amide bonds. The van der Waals surface area contributed by atoms with Gasteiger partial charge in [-0.3, -0.25) is 9.69 Å². The lowest BCUT2D eigenvalue weighted by molar-refractivity contribution is -0.119. The number of phenols is 1. The third-order valence-corrected chi connectivity index (χ3v) is 5.20. The van der Waals surface area contributed by atoms with E-state index in [-0.39, 0.29) is 30.2 Å². The van der Waals surface area contributed by atoms with Gasteiger partial charge in [-0.2, -0.15) is 15.4 Å². The van der Waals surface area contributed by atoms with Gasteiger partial charge in [0.25, 0.3) is 0 Å². The zero-order valence-corrected chi connectivity index (χ0v) is 17.8. The highest BCUT2D eigenvalue weighted by molar-refractivity contribution is 5.92. The van der Waals surface area contributed by atoms with E-state index in [0.29, 0.717) is 18.7 Å². The normalized spacial score (nSPS) is 15.5. The number of anilines is 1. The maximum Gasteiger partial charge on any atom is 0.414 e. The Labute approximate surface area is 188 Å². The fourth-order valence-corrected chi connectivity index (χ4v) is 3.52. The minimum Gasteiger partial charge on any atom is -0.503 e. The van der Waals surface area contributed by atoms with Gasteiger partial charge in [-0.25, -0.2) is 9.18 Å². The number of aromatic amines is 1. The Hall–Kier alpha value is -3.99. The summed E-state index contributed by atoms with van der Waals surface area (Å²) >= 11 is 0. The van der Waals surface area contributed by atoms with Crippen molar-refractivity contribution in [3.63, 3.8) is 0 Å². The number of H-pyrrole nitrogens is 1. The molecule has 0 saturated carbocycles. The molecule has 0 spiro atoms. The number of cyclic esters (lactones) is 1. The van der Waals surface area contributed by atoms with Gasteiger partial charge in [-0.1, -0.05) is 24.3 Å². The van der Waals surface area contributed by atoms with Crippen LogP contribution < -0.4 is 15.5 Å². The topological polar surface area (TPSA) is 132 Å². The number of rotatable bonds is 8. The molecule has 1 aliphatic heterocycles. The van der Waals surface area contributed by atoms with Gasteiger partial charge in [0.05, 0.1) is 30.7 Å². The first-order valence-corrected chi connectivity index (χ1v) is 10.3. The molecule has 1 aliphatic rings. The largest absolute Gasteiger partial charge is 0.503 e. The molecule has 0 radical (unpaired) electrons. The van der Waals surface area contributed by atoms with Crippen LogP contribution in [0.2, 0.25) is 0 Å². The van der Waals surface area contributed by atoms with Crippen molar-refractivity contribution in [1.82, 2.24) is 26.0 Å². The number of amides is 2. The molecule has 172 valence electrons. The SMILES string of the molecule is CC(=O)NC[C@H]1CN(c2ccc(-c3ccc(CNCc4cn[nH]n4)cc3)c(F)c2O)C(=O)O1. The number of carbonyl (C=O) groups is 2. The number of aromatic nitrogens is 3. The van der Waals surface area contributed by atoms with Crippen LogP contribution in [0.3, 0.4) is 0 Å². The Kier molecular flexibility index (Phi) is 6.50. The Morgan fingerprint density at radius 1 is 1.27 bits per heavy atom. The smallest absolute Gasteiger partial charge is 0.414 e. The van der Waals surface area contributed by atoms with Gasteiger partial charge >= 0.3 is 6.09 Å². The molecule has 4 N–H and O–H groups in total. The number of phenolic OH excluding ortho intramolecular Hbond substituents is 1. The van der Waals surface area contributed by atoms with E-state index in [2.05, 4.69) is 26.0 Å². The number of hydrogen-bond acceptors (Lipinski definition) is 7. The Morgan fingerprint density at radius 2 is 2.06 bits per heavy atom. The predicted octanol–water partition coefficient (Wildman–Crippen LogP) is 2.07. The lowest BCUT2D eigenvalue weighted by atomic mass is 10.0. The molecule has 2 aromatic carbocycles. The van der Waals surface area contributed by atoms with Gasteiger partial charge in [0.15, 0.2) is 11.6 Å². The summed E-state index contributed by atoms with van der Waals surface area (Å²) in [7, 11) is 0. The van der Waals surface area contributed by atoms with Gasteiger partial charge < -0.3 is 20.5 Å². The van der Waals surface area contributed by atoms with Crippen molar-refractivity contribution in [3.05, 3.63) is 59.7 Å². The van der Waals surface area contributed by atoms with Crippen molar-refractivity contribution in [3.8, 4) is 16.9 Å². The Bertz CT molecular complexity index is 1140. The molecule has 3 aromatic rings. The molecule has 1 atom stereocenters. The number of aromatic hydroxyl groups is 1. The maximum atomic E-state index is 15.0. The van der Waals surface area contributed by atoms with E-state index in [1.54, 1.807) is 18.3 Å². The predicted molar refractivity (Wildman–Crippen MR) is 117 cm³/mol. The van der Waals surface area contributed by atoms with Crippen molar-refractivity contribution in [2.75, 3.05) is 18.0 Å². The number of hydrogen-bond donors (Lipinski definition) is 4. The first-order chi connectivity index (χ1) is 15.9. The zero-order chi connectivity index (χ0) is 23.4. The van der Waals surface area contributed by atoms with E-state index in [1.165, 1.54) is 19.1 Å². The molecule has 0 bridgehead atoms. The van der Waals surface area contributed by atoms with Crippen molar-refractivity contribution in [2.45, 2.75) is 26.1 Å². The van der Waals surface area contributed by atoms with Crippen LogP contribution in [0.4, 0.5) is 14.9 Å². The minimum atomic E-state index is -0.831. The molecule has 1 fully saturated rings. The molecule has 0 aliphatic carbocycles. The number of ether oxygens (including phenoxy) is 1. The quantitative estimate of drug-likeness (QED) is 0.410. The van der Waals surface area contributed by atoms with Crippen LogP contribution in [0.15, 0.2) is 42.6 Å². The van der Waals surface area contributed by atoms with Crippen LogP contribution >= 0.6 is 0 Å². The van der Waals surface area contributed by atoms with Crippen molar-refractivity contribution >= 4 is 17.7 Å². The van der Waals surface area contributed by atoms with Crippen LogP contribution in [0, 0.1) is 5.82 Å². The number of halogens is 1. The molecule has 1 aromatic heterocycles. The summed E-state index contributed by atoms with van der Waals surface area (Å²) < 4.78 is 20.2. The van der Waals surface area contributed by atoms with Crippen LogP contribution in [0.1, 0.15) is 18.2 Å². The van der Waals surface area contributed by atoms with Crippen molar-refractivity contribution < 1.29 is 23.8 Å². The Morgan fingerprint density at radius 3 is 2.76 bits per heavy atom. The molecule has 11 heteroatoms. The molecule has 4 rings (SSSR count). The zero-order valence-electron chi connectivity index (χ0n) is 17.8. The van der Waals surface area contributed by atoms with Crippen molar-refractivity contribution in [1.29, 1.82) is 0 Å². The summed E-state index contributed by atoms with van der Waals surface area (Å²) in [6.07, 6.45) is 0.337. The second-order valence-corrected chi connectivity index (χ2v) is 7.61. The third kappa shape index (κ3) is 5.09. The van der Waals surface area contributed by atoms with Crippen LogP contribution in [0.5, 0.6) is 5.75 Å². The third-order valence-electron chi connectivity index (χ3n) is 5.20. The second-order valence-electron chi connectivity index (χ2n) is 7.61. The number of nitrogens with zero attached hydrogens (tertiary/aromatic N) is 3. The molecule has 33 heavy (non-hydrogen) atoms. The molecule has 10 nitrogen and oxygen atoms in total. The summed E-state index contributed by atoms with van der Waals surface area (Å²) in [5, 5.41) is 26.5. The van der Waals surface area contributed by atoms with E-state index >= 15 is 4.39 Å². The first-order valence-electron chi connectivity index (χ1n) is 10.3. The van der Waals surface area contributed by atoms with Gasteiger partial charge in [-0.05, 0) is 23.3 Å². The average molecular weight is 454 g/mol. The van der Waals surface area contributed by atoms with E-state index < -0.39 is 23.8 Å². The summed E-state index contributed by atoms with van der Waals surface area (Å²) in [6, 6.07) is 10.2. The van der Waals surface area contributed by atoms with Gasteiger partial charge in [0.2, 0.25) is 5.91 Å². The maximum absolute atomic E-state index is 15.0. The number of carbonyl (C=O) groups excluding carboxylic acids is 2. The van der Waals surface area contributed by atoms with Crippen molar-refractivity contribution in [2.24, 2.45) is 0 Å². The standard InChI is InChI=1S/C22H23FN6O4/c1-13(30)25-11-17-12-29(22(32)33-17)19-7-6-18(20(23)21(19)31)15-4-2-14(3-5-15)8-24-9-16-10-26-28-27-16/h2-7,10,17,24,31H,8-9,11-12H2,1H3,(H,25,30)(H,26,27,28)/t17-/m0/s1. The minimum absolute atomic E-state index is 0.0141. The number of benzene rings is 2. The summed E-state index contributed by atoms with van der Waals surface area (Å²) in [6.45, 7) is 2.74. The van der Waals surface area contributed by atoms with E-state index in [0.717, 1.165) is 16.2 Å². The fraction of sp³-hybridized carbons (Fsp3) is 0.273. The molecule has 1 saturated heterocycles. The number of nitrogens with one attached hydrogen (secondary N) is 3. The van der Waals surface area contributed by atoms with E-state index in [9.17, 15) is 14.7 Å². The van der Waals surface area contributed by atoms with Crippen LogP contribution in [0.25, 0.3) is 11.1 Å². The summed E-state index contributed by atoms with van der Waals surface area (Å²) in [5.74, 6) is -1.72. The molecule has 0 unspecified atom stereocenters. The van der Waals surface area contributed by atoms with Crippen LogP contribution in [-0.4, -0.2) is 51.7 Å². The molecular weight excluding hydrogens is 431 g/mol. The van der Waals surface area contributed by atoms with Crippen LogP contribution in [-0.2, 0) is 22.6 Å². The van der Waals surface area contributed by atoms with Gasteiger partial charge in [0.1, 0.15) is 6.10 Å². The van der Waals surface area contributed by atoms with E-state index in [4.69, 9.17) is 4.74 Å². The monoisotopic (exact) mass is 454 g/mol. The summed E-state index contributed by atoms with van der Waals surface area (Å²) in [5.41, 5.74) is 2.60. The van der Waals surface area contributed by atoms with Gasteiger partial charge in [-0.15, -0.1) is 0 Å². The Balaban J connectivity index is 1.43.